The number of nitrogen functional groups attached to an aromatic ring is 1. The lowest BCUT2D eigenvalue weighted by atomic mass is 10.7. The van der Waals surface area contributed by atoms with Crippen LogP contribution < -0.4 is 5.73 Å². The highest BCUT2D eigenvalue weighted by atomic mass is 16.5. The van der Waals surface area contributed by atoms with Gasteiger partial charge >= 0.3 is 0 Å². The molecule has 1 rings (SSSR count). The Morgan fingerprint density at radius 1 is 1.64 bits per heavy atom. The molecule has 0 saturated carbocycles. The molecule has 0 aromatic carbocycles. The lowest BCUT2D eigenvalue weighted by molar-refractivity contribution is 0.379. The molecule has 0 amide bonds. The summed E-state index contributed by atoms with van der Waals surface area (Å²) in [6.07, 6.45) is 0. The Morgan fingerprint density at radius 2 is 2.27 bits per heavy atom. The highest BCUT2D eigenvalue weighted by Gasteiger charge is 2.09. The number of methoxy groups -OCH3 is 1. The van der Waals surface area contributed by atoms with E-state index in [2.05, 4.69) is 14.9 Å². The second-order valence-corrected chi connectivity index (χ2v) is 1.95. The first-order valence-electron chi connectivity index (χ1n) is 2.97. The number of hydrogen-bond donors (Lipinski definition) is 2. The summed E-state index contributed by atoms with van der Waals surface area (Å²) >= 11 is 0. The molecule has 1 aromatic heterocycles. The molecule has 11 heavy (non-hydrogen) atoms. The number of aromatic nitrogens is 3. The molecule has 1 heterocycles. The van der Waals surface area contributed by atoms with Crippen LogP contribution in [0.4, 0.5) is 5.95 Å². The number of aryl methyl sites for hydroxylation is 1. The average molecular weight is 155 g/mol. The fourth-order valence-corrected chi connectivity index (χ4v) is 0.721. The fraction of sp³-hybridized carbons (Fsp3) is 0.400. The van der Waals surface area contributed by atoms with Crippen molar-refractivity contribution in [3.63, 3.8) is 0 Å². The number of nitrogens with zero attached hydrogens (tertiary/aromatic N) is 3. The first kappa shape index (κ1) is 7.52. The van der Waals surface area contributed by atoms with Gasteiger partial charge < -0.3 is 10.5 Å². The third-order valence-corrected chi connectivity index (χ3v) is 1.25. The second kappa shape index (κ2) is 2.57. The van der Waals surface area contributed by atoms with E-state index < -0.39 is 0 Å². The Balaban J connectivity index is 3.10. The van der Waals surface area contributed by atoms with Crippen LogP contribution in [0.15, 0.2) is 0 Å². The maximum Gasteiger partial charge on any atom is 0.296 e. The largest absolute Gasteiger partial charge is 0.468 e. The van der Waals surface area contributed by atoms with Crippen LogP contribution in [0.3, 0.4) is 0 Å². The predicted molar refractivity (Wildman–Crippen MR) is 39.3 cm³/mol. The van der Waals surface area contributed by atoms with Gasteiger partial charge in [0.1, 0.15) is 5.82 Å². The molecule has 0 aliphatic heterocycles. The molecular formula is C5H9N5O. The lowest BCUT2D eigenvalue weighted by Gasteiger charge is -2.03. The van der Waals surface area contributed by atoms with Crippen LogP contribution in [0.25, 0.3) is 0 Å². The van der Waals surface area contributed by atoms with Crippen LogP contribution in [-0.4, -0.2) is 27.9 Å². The summed E-state index contributed by atoms with van der Waals surface area (Å²) in [5, 5.41) is 14.5. The number of hydrogen-bond acceptors (Lipinski definition) is 5. The molecule has 0 radical (unpaired) electrons. The molecule has 1 aromatic rings. The predicted octanol–water partition coefficient (Wildman–Crippen LogP) is -0.402. The van der Waals surface area contributed by atoms with Crippen molar-refractivity contribution >= 4 is 12.0 Å². The van der Waals surface area contributed by atoms with Crippen molar-refractivity contribution in [1.29, 1.82) is 5.41 Å². The monoisotopic (exact) mass is 155 g/mol. The van der Waals surface area contributed by atoms with Gasteiger partial charge in [0.05, 0.1) is 7.11 Å². The Morgan fingerprint density at radius 3 is 2.64 bits per heavy atom. The van der Waals surface area contributed by atoms with Crippen molar-refractivity contribution in [3.05, 3.63) is 5.82 Å². The molecule has 0 atom stereocenters. The summed E-state index contributed by atoms with van der Waals surface area (Å²) in [5.74, 6) is 0.698. The summed E-state index contributed by atoms with van der Waals surface area (Å²) in [7, 11) is 1.39. The molecule has 0 fully saturated rings. The maximum absolute atomic E-state index is 7.26. The third-order valence-electron chi connectivity index (χ3n) is 1.25. The number of ether oxygens (including phenoxy) is 1. The van der Waals surface area contributed by atoms with E-state index in [-0.39, 0.29) is 12.0 Å². The van der Waals surface area contributed by atoms with Gasteiger partial charge in [-0.2, -0.15) is 0 Å². The number of nitrogens with two attached hydrogens (primary N) is 1. The van der Waals surface area contributed by atoms with Crippen molar-refractivity contribution in [2.75, 3.05) is 12.8 Å². The smallest absolute Gasteiger partial charge is 0.296 e. The Bertz CT molecular complexity index is 259. The first-order chi connectivity index (χ1) is 5.16. The molecule has 60 valence electrons. The zero-order valence-electron chi connectivity index (χ0n) is 6.33. The summed E-state index contributed by atoms with van der Waals surface area (Å²) < 4.78 is 5.95. The van der Waals surface area contributed by atoms with Crippen molar-refractivity contribution in [3.8, 4) is 0 Å². The van der Waals surface area contributed by atoms with E-state index in [1.165, 1.54) is 11.7 Å². The normalized spacial score (nSPS) is 9.64. The molecule has 0 spiro atoms. The molecule has 6 nitrogen and oxygen atoms in total. The fourth-order valence-electron chi connectivity index (χ4n) is 0.721. The molecule has 3 N–H and O–H groups in total. The summed E-state index contributed by atoms with van der Waals surface area (Å²) in [4.78, 5) is 0. The van der Waals surface area contributed by atoms with Gasteiger partial charge in [0.2, 0.25) is 5.95 Å². The van der Waals surface area contributed by atoms with Gasteiger partial charge in [-0.05, 0) is 6.92 Å². The van der Waals surface area contributed by atoms with Gasteiger partial charge in [-0.1, -0.05) is 0 Å². The maximum atomic E-state index is 7.26. The second-order valence-electron chi connectivity index (χ2n) is 1.95. The van der Waals surface area contributed by atoms with Crippen LogP contribution in [0.1, 0.15) is 5.82 Å². The van der Waals surface area contributed by atoms with Crippen LogP contribution in [-0.2, 0) is 4.74 Å². The van der Waals surface area contributed by atoms with E-state index in [1.807, 2.05) is 0 Å². The van der Waals surface area contributed by atoms with Gasteiger partial charge in [-0.25, -0.2) is 4.57 Å². The van der Waals surface area contributed by atoms with Gasteiger partial charge in [-0.3, -0.25) is 5.41 Å². The zero-order chi connectivity index (χ0) is 8.43. The highest BCUT2D eigenvalue weighted by Crippen LogP contribution is 2.01. The minimum absolute atomic E-state index is 0.0787. The molecule has 0 unspecified atom stereocenters. The molecule has 0 aliphatic rings. The average Bonchev–Trinajstić information content (AvgIpc) is 2.30. The van der Waals surface area contributed by atoms with E-state index in [4.69, 9.17) is 11.1 Å². The topological polar surface area (TPSA) is 89.8 Å². The van der Waals surface area contributed by atoms with Gasteiger partial charge in [0.25, 0.3) is 6.02 Å². The van der Waals surface area contributed by atoms with Gasteiger partial charge in [0.15, 0.2) is 0 Å². The van der Waals surface area contributed by atoms with Crippen molar-refractivity contribution in [1.82, 2.24) is 14.8 Å². The highest BCUT2D eigenvalue weighted by molar-refractivity contribution is 5.76. The minimum Gasteiger partial charge on any atom is -0.468 e. The van der Waals surface area contributed by atoms with E-state index in [9.17, 15) is 0 Å². The van der Waals surface area contributed by atoms with Gasteiger partial charge in [0, 0.05) is 0 Å². The SMILES string of the molecule is COC(=N)n1c(C)nnc1N. The van der Waals surface area contributed by atoms with Crippen LogP contribution in [0.5, 0.6) is 0 Å². The number of anilines is 1. The number of rotatable bonds is 0. The van der Waals surface area contributed by atoms with Crippen molar-refractivity contribution in [2.24, 2.45) is 0 Å². The zero-order valence-corrected chi connectivity index (χ0v) is 6.33. The molecule has 0 saturated heterocycles. The lowest BCUT2D eigenvalue weighted by Crippen LogP contribution is -2.16. The van der Waals surface area contributed by atoms with Crippen molar-refractivity contribution in [2.45, 2.75) is 6.92 Å². The minimum atomic E-state index is -0.0787. The first-order valence-corrected chi connectivity index (χ1v) is 2.97. The summed E-state index contributed by atoms with van der Waals surface area (Å²) in [6.45, 7) is 1.69. The quantitative estimate of drug-likeness (QED) is 0.394. The van der Waals surface area contributed by atoms with Crippen LogP contribution in [0.2, 0.25) is 0 Å². The van der Waals surface area contributed by atoms with E-state index in [0.717, 1.165) is 0 Å². The molecule has 6 heteroatoms. The number of nitrogens with one attached hydrogen (secondary N) is 1. The van der Waals surface area contributed by atoms with E-state index in [1.54, 1.807) is 6.92 Å². The molecular weight excluding hydrogens is 146 g/mol. The standard InChI is InChI=1S/C5H9N5O/c1-3-8-9-4(6)10(3)5(7)11-2/h7H,1-2H3,(H2,6,9). The Hall–Kier alpha value is -1.59. The van der Waals surface area contributed by atoms with Crippen LogP contribution in [0, 0.1) is 12.3 Å². The molecule has 0 bridgehead atoms. The Kier molecular flexibility index (Phi) is 1.75. The van der Waals surface area contributed by atoms with E-state index >= 15 is 0 Å². The summed E-state index contributed by atoms with van der Waals surface area (Å²) in [6, 6.07) is -0.0787. The Labute approximate surface area is 63.5 Å². The van der Waals surface area contributed by atoms with Gasteiger partial charge in [-0.15, -0.1) is 10.2 Å². The van der Waals surface area contributed by atoms with Crippen LogP contribution >= 0.6 is 0 Å². The third kappa shape index (κ3) is 1.14. The van der Waals surface area contributed by atoms with E-state index in [0.29, 0.717) is 5.82 Å². The summed E-state index contributed by atoms with van der Waals surface area (Å²) in [5.41, 5.74) is 5.39. The van der Waals surface area contributed by atoms with Crippen molar-refractivity contribution < 1.29 is 4.74 Å². The molecule has 0 aliphatic carbocycles.